The summed E-state index contributed by atoms with van der Waals surface area (Å²) in [4.78, 5) is 2.21. The van der Waals surface area contributed by atoms with Crippen LogP contribution in [-0.2, 0) is 0 Å². The van der Waals surface area contributed by atoms with E-state index in [1.165, 1.54) is 5.56 Å². The number of nitrogens with one attached hydrogen (secondary N) is 1. The van der Waals surface area contributed by atoms with Gasteiger partial charge in [-0.15, -0.1) is 0 Å². The summed E-state index contributed by atoms with van der Waals surface area (Å²) in [5.41, 5.74) is 9.25. The predicted octanol–water partition coefficient (Wildman–Crippen LogP) is 2.58. The molecule has 0 aliphatic rings. The Kier molecular flexibility index (Phi) is 4.40. The lowest BCUT2D eigenvalue weighted by Crippen LogP contribution is -2.34. The van der Waals surface area contributed by atoms with Gasteiger partial charge in [0.15, 0.2) is 0 Å². The predicted molar refractivity (Wildman–Crippen MR) is 76.4 cm³/mol. The van der Waals surface area contributed by atoms with Crippen molar-refractivity contribution in [2.24, 2.45) is 5.41 Å². The van der Waals surface area contributed by atoms with E-state index < -0.39 is 0 Å². The quantitative estimate of drug-likeness (QED) is 0.771. The van der Waals surface area contributed by atoms with Gasteiger partial charge in [0.1, 0.15) is 0 Å². The lowest BCUT2D eigenvalue weighted by molar-refractivity contribution is 0.254. The van der Waals surface area contributed by atoms with Gasteiger partial charge >= 0.3 is 0 Å². The zero-order valence-corrected chi connectivity index (χ0v) is 11.7. The molecule has 0 saturated heterocycles. The third-order valence-corrected chi connectivity index (χ3v) is 2.71. The molecule has 0 spiro atoms. The molecule has 96 valence electrons. The van der Waals surface area contributed by atoms with Crippen LogP contribution in [0.1, 0.15) is 19.4 Å². The van der Waals surface area contributed by atoms with Crippen molar-refractivity contribution in [3.8, 4) is 0 Å². The van der Waals surface area contributed by atoms with Crippen LogP contribution in [0, 0.1) is 12.3 Å². The van der Waals surface area contributed by atoms with Crippen molar-refractivity contribution in [1.29, 1.82) is 0 Å². The van der Waals surface area contributed by atoms with Crippen molar-refractivity contribution in [1.82, 2.24) is 4.90 Å². The van der Waals surface area contributed by atoms with E-state index in [2.05, 4.69) is 57.2 Å². The fourth-order valence-corrected chi connectivity index (χ4v) is 2.09. The zero-order chi connectivity index (χ0) is 13.1. The van der Waals surface area contributed by atoms with Gasteiger partial charge in [-0.2, -0.15) is 0 Å². The Morgan fingerprint density at radius 1 is 1.29 bits per heavy atom. The molecule has 0 amide bonds. The molecule has 0 saturated carbocycles. The lowest BCUT2D eigenvalue weighted by Gasteiger charge is -2.29. The molecule has 1 aromatic rings. The van der Waals surface area contributed by atoms with Crippen LogP contribution in [0.3, 0.4) is 0 Å². The van der Waals surface area contributed by atoms with E-state index in [1.54, 1.807) is 0 Å². The molecule has 1 aromatic carbocycles. The van der Waals surface area contributed by atoms with Crippen molar-refractivity contribution in [2.45, 2.75) is 20.8 Å². The maximum Gasteiger partial charge on any atom is 0.0574 e. The van der Waals surface area contributed by atoms with Crippen molar-refractivity contribution in [2.75, 3.05) is 38.2 Å². The van der Waals surface area contributed by atoms with E-state index in [-0.39, 0.29) is 5.41 Å². The monoisotopic (exact) mass is 235 g/mol. The summed E-state index contributed by atoms with van der Waals surface area (Å²) in [6.45, 7) is 8.52. The maximum absolute atomic E-state index is 5.98. The molecule has 0 aromatic heterocycles. The van der Waals surface area contributed by atoms with Crippen molar-refractivity contribution >= 4 is 11.4 Å². The molecule has 0 radical (unpaired) electrons. The molecule has 17 heavy (non-hydrogen) atoms. The highest BCUT2D eigenvalue weighted by atomic mass is 15.1. The van der Waals surface area contributed by atoms with Gasteiger partial charge in [0.25, 0.3) is 0 Å². The number of hydrogen-bond donors (Lipinski definition) is 2. The van der Waals surface area contributed by atoms with E-state index in [0.29, 0.717) is 0 Å². The number of nitrogen functional groups attached to an aromatic ring is 1. The first-order chi connectivity index (χ1) is 7.80. The Bertz CT molecular complexity index is 370. The van der Waals surface area contributed by atoms with Crippen LogP contribution in [0.5, 0.6) is 0 Å². The van der Waals surface area contributed by atoms with Crippen LogP contribution in [0.4, 0.5) is 11.4 Å². The average molecular weight is 235 g/mol. The molecule has 0 atom stereocenters. The zero-order valence-electron chi connectivity index (χ0n) is 11.7. The molecule has 0 aliphatic carbocycles. The molecular formula is C14H25N3. The normalized spacial score (nSPS) is 11.9. The summed E-state index contributed by atoms with van der Waals surface area (Å²) in [5, 5.41) is 3.43. The number of anilines is 2. The van der Waals surface area contributed by atoms with Gasteiger partial charge in [-0.1, -0.05) is 19.9 Å². The van der Waals surface area contributed by atoms with Crippen LogP contribution >= 0.6 is 0 Å². The second-order valence-corrected chi connectivity index (χ2v) is 5.85. The lowest BCUT2D eigenvalue weighted by atomic mass is 9.93. The van der Waals surface area contributed by atoms with E-state index in [4.69, 9.17) is 5.73 Å². The molecule has 3 heteroatoms. The maximum atomic E-state index is 5.98. The van der Waals surface area contributed by atoms with Gasteiger partial charge in [-0.25, -0.2) is 0 Å². The molecule has 0 unspecified atom stereocenters. The number of aryl methyl sites for hydroxylation is 1. The topological polar surface area (TPSA) is 41.3 Å². The smallest absolute Gasteiger partial charge is 0.0574 e. The van der Waals surface area contributed by atoms with E-state index in [9.17, 15) is 0 Å². The summed E-state index contributed by atoms with van der Waals surface area (Å²) < 4.78 is 0. The van der Waals surface area contributed by atoms with Crippen LogP contribution in [0.25, 0.3) is 0 Å². The van der Waals surface area contributed by atoms with Crippen LogP contribution < -0.4 is 11.1 Å². The van der Waals surface area contributed by atoms with Crippen LogP contribution in [0.2, 0.25) is 0 Å². The summed E-state index contributed by atoms with van der Waals surface area (Å²) in [6, 6.07) is 6.13. The van der Waals surface area contributed by atoms with Gasteiger partial charge in [0.05, 0.1) is 11.4 Å². The van der Waals surface area contributed by atoms with Crippen molar-refractivity contribution in [3.63, 3.8) is 0 Å². The summed E-state index contributed by atoms with van der Waals surface area (Å²) in [5.74, 6) is 0. The highest BCUT2D eigenvalue weighted by molar-refractivity contribution is 5.66. The summed E-state index contributed by atoms with van der Waals surface area (Å²) >= 11 is 0. The number of nitrogens with zero attached hydrogens (tertiary/aromatic N) is 1. The number of benzene rings is 1. The van der Waals surface area contributed by atoms with E-state index in [1.807, 2.05) is 6.07 Å². The fourth-order valence-electron chi connectivity index (χ4n) is 2.09. The second-order valence-electron chi connectivity index (χ2n) is 5.85. The first-order valence-electron chi connectivity index (χ1n) is 6.05. The third kappa shape index (κ3) is 4.65. The summed E-state index contributed by atoms with van der Waals surface area (Å²) in [7, 11) is 4.20. The molecule has 0 fully saturated rings. The Balaban J connectivity index is 2.61. The van der Waals surface area contributed by atoms with Gasteiger partial charge < -0.3 is 16.0 Å². The van der Waals surface area contributed by atoms with E-state index in [0.717, 1.165) is 24.5 Å². The Morgan fingerprint density at radius 3 is 2.47 bits per heavy atom. The fraction of sp³-hybridized carbons (Fsp3) is 0.571. The summed E-state index contributed by atoms with van der Waals surface area (Å²) in [6.07, 6.45) is 0. The molecule has 3 N–H and O–H groups in total. The Hall–Kier alpha value is -1.22. The van der Waals surface area contributed by atoms with Crippen LogP contribution in [-0.4, -0.2) is 32.1 Å². The van der Waals surface area contributed by atoms with Gasteiger partial charge in [-0.05, 0) is 44.1 Å². The highest BCUT2D eigenvalue weighted by Gasteiger charge is 2.18. The average Bonchev–Trinajstić information content (AvgIpc) is 2.14. The first-order valence-corrected chi connectivity index (χ1v) is 6.05. The largest absolute Gasteiger partial charge is 0.397 e. The highest BCUT2D eigenvalue weighted by Crippen LogP contribution is 2.22. The number of rotatable bonds is 5. The third-order valence-electron chi connectivity index (χ3n) is 2.71. The molecule has 3 nitrogen and oxygen atoms in total. The molecule has 0 heterocycles. The minimum absolute atomic E-state index is 0.223. The van der Waals surface area contributed by atoms with Crippen molar-refractivity contribution in [3.05, 3.63) is 23.8 Å². The van der Waals surface area contributed by atoms with Gasteiger partial charge in [0.2, 0.25) is 0 Å². The minimum Gasteiger partial charge on any atom is -0.397 e. The number of hydrogen-bond acceptors (Lipinski definition) is 3. The molecule has 0 aliphatic heterocycles. The number of nitrogens with two attached hydrogens (primary N) is 1. The second kappa shape index (κ2) is 5.41. The van der Waals surface area contributed by atoms with Crippen molar-refractivity contribution < 1.29 is 0 Å². The van der Waals surface area contributed by atoms with Crippen LogP contribution in [0.15, 0.2) is 18.2 Å². The van der Waals surface area contributed by atoms with E-state index >= 15 is 0 Å². The Morgan fingerprint density at radius 2 is 1.94 bits per heavy atom. The molecular weight excluding hydrogens is 210 g/mol. The SMILES string of the molecule is Cc1ccc(NCC(C)(C)CN(C)C)c(N)c1. The molecule has 0 bridgehead atoms. The van der Waals surface area contributed by atoms with Gasteiger partial charge in [-0.3, -0.25) is 0 Å². The minimum atomic E-state index is 0.223. The first kappa shape index (κ1) is 13.8. The standard InChI is InChI=1S/C14H25N3/c1-11-6-7-13(12(15)8-11)16-9-14(2,3)10-17(4)5/h6-8,16H,9-10,15H2,1-5H3. The molecule has 1 rings (SSSR count). The van der Waals surface area contributed by atoms with Gasteiger partial charge in [0, 0.05) is 13.1 Å². The Labute approximate surface area is 105 Å².